The van der Waals surface area contributed by atoms with Gasteiger partial charge in [-0.1, -0.05) is 0 Å². The lowest BCUT2D eigenvalue weighted by atomic mass is 10.3. The van der Waals surface area contributed by atoms with Crippen LogP contribution in [0.2, 0.25) is 0 Å². The number of amides is 1. The van der Waals surface area contributed by atoms with Gasteiger partial charge in [-0.15, -0.1) is 0 Å². The molecule has 3 N–H and O–H groups in total. The van der Waals surface area contributed by atoms with Gasteiger partial charge in [-0.25, -0.2) is 13.4 Å². The largest absolute Gasteiger partial charge is 0.497 e. The molecule has 1 aromatic heterocycles. The van der Waals surface area contributed by atoms with Gasteiger partial charge in [0.2, 0.25) is 0 Å². The summed E-state index contributed by atoms with van der Waals surface area (Å²) in [6, 6.07) is 10.7. The first-order valence-electron chi connectivity index (χ1n) is 8.08. The maximum Gasteiger partial charge on any atom is 0.291 e. The molecule has 0 atom stereocenters. The molecule has 0 radical (unpaired) electrons. The molecule has 0 bridgehead atoms. The Labute approximate surface area is 161 Å². The van der Waals surface area contributed by atoms with Gasteiger partial charge >= 0.3 is 0 Å². The number of methoxy groups -OCH3 is 2. The minimum absolute atomic E-state index is 0.108. The fraction of sp³-hybridized carbons (Fsp3) is 0.111. The summed E-state index contributed by atoms with van der Waals surface area (Å²) in [5.74, 6) is 0.346. The number of hydrogen-bond acceptors (Lipinski definition) is 6. The van der Waals surface area contributed by atoms with E-state index in [1.165, 1.54) is 44.8 Å². The first kappa shape index (κ1) is 19.2. The number of aromatic nitrogens is 2. The van der Waals surface area contributed by atoms with E-state index in [0.717, 1.165) is 0 Å². The highest BCUT2D eigenvalue weighted by Gasteiger charge is 2.21. The Morgan fingerprint density at radius 1 is 1.04 bits per heavy atom. The van der Waals surface area contributed by atoms with Crippen LogP contribution < -0.4 is 19.5 Å². The fourth-order valence-electron chi connectivity index (χ4n) is 2.41. The third-order valence-corrected chi connectivity index (χ3v) is 5.17. The van der Waals surface area contributed by atoms with Crippen molar-refractivity contribution in [3.8, 4) is 11.5 Å². The van der Waals surface area contributed by atoms with E-state index in [-0.39, 0.29) is 22.2 Å². The minimum Gasteiger partial charge on any atom is -0.497 e. The summed E-state index contributed by atoms with van der Waals surface area (Å²) >= 11 is 0. The van der Waals surface area contributed by atoms with Crippen molar-refractivity contribution in [3.63, 3.8) is 0 Å². The second-order valence-corrected chi connectivity index (χ2v) is 7.24. The summed E-state index contributed by atoms with van der Waals surface area (Å²) in [6.07, 6.45) is 2.95. The van der Waals surface area contributed by atoms with Gasteiger partial charge in [0.15, 0.2) is 5.82 Å². The molecule has 1 heterocycles. The predicted molar refractivity (Wildman–Crippen MR) is 103 cm³/mol. The number of rotatable bonds is 7. The number of hydrogen-bond donors (Lipinski definition) is 3. The topological polar surface area (TPSA) is 122 Å². The SMILES string of the molecule is COc1ccc(NS(=O)(=O)c2cc(NC(=O)c3ncc[nH]3)ccc2OC)cc1. The average molecular weight is 402 g/mol. The quantitative estimate of drug-likeness (QED) is 0.558. The Morgan fingerprint density at radius 2 is 1.75 bits per heavy atom. The molecule has 0 unspecified atom stereocenters. The number of anilines is 2. The number of imidazole rings is 1. The van der Waals surface area contributed by atoms with Crippen LogP contribution >= 0.6 is 0 Å². The smallest absolute Gasteiger partial charge is 0.291 e. The second-order valence-electron chi connectivity index (χ2n) is 5.59. The standard InChI is InChI=1S/C18H18N4O5S/c1-26-14-6-3-12(4-7-14)22-28(24,25)16-11-13(5-8-15(16)27-2)21-18(23)17-19-9-10-20-17/h3-11,22H,1-2H3,(H,19,20)(H,21,23). The Bertz CT molecular complexity index is 1060. The Kier molecular flexibility index (Phi) is 5.50. The molecule has 0 fully saturated rings. The molecule has 3 rings (SSSR count). The molecule has 3 aromatic rings. The maximum atomic E-state index is 12.8. The fourth-order valence-corrected chi connectivity index (χ4v) is 3.67. The molecule has 0 aliphatic carbocycles. The van der Waals surface area contributed by atoms with Gasteiger partial charge in [0, 0.05) is 23.8 Å². The number of aromatic amines is 1. The number of carbonyl (C=O) groups excluding carboxylic acids is 1. The molecule has 0 aliphatic rings. The van der Waals surface area contributed by atoms with Crippen LogP contribution in [0.3, 0.4) is 0 Å². The summed E-state index contributed by atoms with van der Waals surface area (Å²) in [4.78, 5) is 18.5. The third kappa shape index (κ3) is 4.23. The van der Waals surface area contributed by atoms with Gasteiger partial charge in [-0.05, 0) is 42.5 Å². The van der Waals surface area contributed by atoms with E-state index in [9.17, 15) is 13.2 Å². The molecule has 1 amide bonds. The van der Waals surface area contributed by atoms with Gasteiger partial charge in [-0.3, -0.25) is 9.52 Å². The molecule has 9 nitrogen and oxygen atoms in total. The van der Waals surface area contributed by atoms with E-state index in [0.29, 0.717) is 11.4 Å². The molecular formula is C18H18N4O5S. The van der Waals surface area contributed by atoms with Crippen molar-refractivity contribution in [2.24, 2.45) is 0 Å². The number of H-pyrrole nitrogens is 1. The van der Waals surface area contributed by atoms with Crippen molar-refractivity contribution in [3.05, 3.63) is 60.7 Å². The van der Waals surface area contributed by atoms with E-state index in [1.807, 2.05) is 0 Å². The molecule has 0 spiro atoms. The van der Waals surface area contributed by atoms with Crippen LogP contribution in [0.4, 0.5) is 11.4 Å². The van der Waals surface area contributed by atoms with Crippen LogP contribution in [-0.2, 0) is 10.0 Å². The number of nitrogens with zero attached hydrogens (tertiary/aromatic N) is 1. The number of sulfonamides is 1. The van der Waals surface area contributed by atoms with Crippen molar-refractivity contribution < 1.29 is 22.7 Å². The lowest BCUT2D eigenvalue weighted by molar-refractivity contribution is 0.101. The number of benzene rings is 2. The number of nitrogens with one attached hydrogen (secondary N) is 3. The zero-order chi connectivity index (χ0) is 20.1. The monoisotopic (exact) mass is 402 g/mol. The Hall–Kier alpha value is -3.53. The second kappa shape index (κ2) is 8.01. The molecule has 2 aromatic carbocycles. The molecule has 0 saturated carbocycles. The minimum atomic E-state index is -3.98. The molecule has 10 heteroatoms. The molecule has 28 heavy (non-hydrogen) atoms. The van der Waals surface area contributed by atoms with E-state index < -0.39 is 15.9 Å². The van der Waals surface area contributed by atoms with E-state index in [2.05, 4.69) is 20.0 Å². The van der Waals surface area contributed by atoms with Crippen LogP contribution in [-0.4, -0.2) is 38.5 Å². The Morgan fingerprint density at radius 3 is 2.36 bits per heavy atom. The first-order chi connectivity index (χ1) is 13.4. The van der Waals surface area contributed by atoms with Gasteiger partial charge in [0.1, 0.15) is 16.4 Å². The lowest BCUT2D eigenvalue weighted by Gasteiger charge is -2.13. The van der Waals surface area contributed by atoms with Crippen molar-refractivity contribution in [1.29, 1.82) is 0 Å². The third-order valence-electron chi connectivity index (χ3n) is 3.77. The predicted octanol–water partition coefficient (Wildman–Crippen LogP) is 2.48. The lowest BCUT2D eigenvalue weighted by Crippen LogP contribution is -2.16. The van der Waals surface area contributed by atoms with Gasteiger partial charge in [0.05, 0.1) is 14.2 Å². The van der Waals surface area contributed by atoms with Crippen LogP contribution in [0, 0.1) is 0 Å². The van der Waals surface area contributed by atoms with Gasteiger partial charge < -0.3 is 19.8 Å². The molecule has 0 aliphatic heterocycles. The molecule has 146 valence electrons. The van der Waals surface area contributed by atoms with E-state index in [4.69, 9.17) is 9.47 Å². The highest BCUT2D eigenvalue weighted by Crippen LogP contribution is 2.29. The Balaban J connectivity index is 1.88. The van der Waals surface area contributed by atoms with E-state index >= 15 is 0 Å². The molecular weight excluding hydrogens is 384 g/mol. The normalized spacial score (nSPS) is 10.9. The highest BCUT2D eigenvalue weighted by atomic mass is 32.2. The highest BCUT2D eigenvalue weighted by molar-refractivity contribution is 7.92. The van der Waals surface area contributed by atoms with Crippen molar-refractivity contribution in [2.45, 2.75) is 4.90 Å². The van der Waals surface area contributed by atoms with E-state index in [1.54, 1.807) is 24.3 Å². The van der Waals surface area contributed by atoms with Crippen LogP contribution in [0.25, 0.3) is 0 Å². The first-order valence-corrected chi connectivity index (χ1v) is 9.57. The van der Waals surface area contributed by atoms with Gasteiger partial charge in [-0.2, -0.15) is 0 Å². The zero-order valence-electron chi connectivity index (χ0n) is 15.1. The maximum absolute atomic E-state index is 12.8. The number of ether oxygens (including phenoxy) is 2. The van der Waals surface area contributed by atoms with Crippen LogP contribution in [0.15, 0.2) is 59.8 Å². The summed E-state index contributed by atoms with van der Waals surface area (Å²) in [5, 5.41) is 2.59. The summed E-state index contributed by atoms with van der Waals surface area (Å²) in [5.41, 5.74) is 0.630. The van der Waals surface area contributed by atoms with Crippen LogP contribution in [0.5, 0.6) is 11.5 Å². The zero-order valence-corrected chi connectivity index (χ0v) is 15.9. The summed E-state index contributed by atoms with van der Waals surface area (Å²) in [6.45, 7) is 0. The van der Waals surface area contributed by atoms with Gasteiger partial charge in [0.25, 0.3) is 15.9 Å². The van der Waals surface area contributed by atoms with Crippen LogP contribution in [0.1, 0.15) is 10.6 Å². The summed E-state index contributed by atoms with van der Waals surface area (Å²) in [7, 11) is -1.09. The molecule has 0 saturated heterocycles. The van der Waals surface area contributed by atoms with Crippen molar-refractivity contribution in [2.75, 3.05) is 24.3 Å². The van der Waals surface area contributed by atoms with Crippen molar-refractivity contribution >= 4 is 27.3 Å². The number of carbonyl (C=O) groups is 1. The summed E-state index contributed by atoms with van der Waals surface area (Å²) < 4.78 is 38.4. The van der Waals surface area contributed by atoms with Crippen molar-refractivity contribution in [1.82, 2.24) is 9.97 Å². The average Bonchev–Trinajstić information content (AvgIpc) is 3.23.